The Morgan fingerprint density at radius 3 is 2.36 bits per heavy atom. The lowest BCUT2D eigenvalue weighted by Gasteiger charge is -2.37. The van der Waals surface area contributed by atoms with Gasteiger partial charge in [0.1, 0.15) is 0 Å². The summed E-state index contributed by atoms with van der Waals surface area (Å²) in [7, 11) is 4.29. The first-order valence-electron chi connectivity index (χ1n) is 4.23. The molecular weight excluding hydrogens is 134 g/mol. The van der Waals surface area contributed by atoms with Gasteiger partial charge in [0.2, 0.25) is 0 Å². The van der Waals surface area contributed by atoms with Crippen LogP contribution < -0.4 is 0 Å². The van der Waals surface area contributed by atoms with Crippen LogP contribution in [0.15, 0.2) is 24.3 Å². The highest BCUT2D eigenvalue weighted by molar-refractivity contribution is 5.20. The first-order valence-corrected chi connectivity index (χ1v) is 4.23. The molecule has 62 valence electrons. The van der Waals surface area contributed by atoms with Crippen molar-refractivity contribution in [2.75, 3.05) is 14.1 Å². The largest absolute Gasteiger partial charge is 0.300 e. The highest BCUT2D eigenvalue weighted by atomic mass is 15.1. The summed E-state index contributed by atoms with van der Waals surface area (Å²) in [4.78, 5) is 2.30. The molecule has 0 aromatic heterocycles. The summed E-state index contributed by atoms with van der Waals surface area (Å²) >= 11 is 0. The molecule has 1 nitrogen and oxygen atoms in total. The fraction of sp³-hybridized carbons (Fsp3) is 0.600. The monoisotopic (exact) mass is 151 g/mol. The third-order valence-corrected chi connectivity index (χ3v) is 2.63. The van der Waals surface area contributed by atoms with Gasteiger partial charge in [0, 0.05) is 5.54 Å². The van der Waals surface area contributed by atoms with Crippen molar-refractivity contribution in [2.24, 2.45) is 0 Å². The molecule has 0 radical (unpaired) electrons. The van der Waals surface area contributed by atoms with E-state index in [1.807, 2.05) is 0 Å². The Bertz CT molecular complexity index is 179. The first-order chi connectivity index (χ1) is 5.21. The zero-order valence-electron chi connectivity index (χ0n) is 7.67. The molecule has 1 rings (SSSR count). The molecule has 11 heavy (non-hydrogen) atoms. The molecule has 0 N–H and O–H groups in total. The Balaban J connectivity index is 2.77. The summed E-state index contributed by atoms with van der Waals surface area (Å²) in [5.41, 5.74) is 0.286. The maximum atomic E-state index is 2.30. The zero-order valence-corrected chi connectivity index (χ0v) is 7.67. The van der Waals surface area contributed by atoms with E-state index in [0.29, 0.717) is 0 Å². The van der Waals surface area contributed by atoms with Crippen LogP contribution in [0.25, 0.3) is 0 Å². The Labute approximate surface area is 69.4 Å². The van der Waals surface area contributed by atoms with Crippen LogP contribution in [0.2, 0.25) is 0 Å². The van der Waals surface area contributed by atoms with Gasteiger partial charge in [0.25, 0.3) is 0 Å². The van der Waals surface area contributed by atoms with Gasteiger partial charge in [-0.25, -0.2) is 0 Å². The maximum absolute atomic E-state index is 2.30. The minimum absolute atomic E-state index is 0.286. The van der Waals surface area contributed by atoms with Crippen LogP contribution in [-0.4, -0.2) is 24.5 Å². The van der Waals surface area contributed by atoms with Crippen LogP contribution >= 0.6 is 0 Å². The van der Waals surface area contributed by atoms with Gasteiger partial charge in [-0.2, -0.15) is 0 Å². The third-order valence-electron chi connectivity index (χ3n) is 2.63. The van der Waals surface area contributed by atoms with Crippen molar-refractivity contribution in [2.45, 2.75) is 25.3 Å². The second-order valence-electron chi connectivity index (χ2n) is 3.34. The number of allylic oxidation sites excluding steroid dienone is 2. The zero-order chi connectivity index (χ0) is 8.32. The molecule has 0 heterocycles. The van der Waals surface area contributed by atoms with E-state index in [4.69, 9.17) is 0 Å². The van der Waals surface area contributed by atoms with E-state index >= 15 is 0 Å². The van der Waals surface area contributed by atoms with Crippen molar-refractivity contribution in [1.29, 1.82) is 0 Å². The van der Waals surface area contributed by atoms with E-state index < -0.39 is 0 Å². The topological polar surface area (TPSA) is 3.24 Å². The number of hydrogen-bond acceptors (Lipinski definition) is 1. The minimum Gasteiger partial charge on any atom is -0.300 e. The summed E-state index contributed by atoms with van der Waals surface area (Å²) in [5, 5.41) is 0. The average molecular weight is 151 g/mol. The van der Waals surface area contributed by atoms with Crippen LogP contribution in [0.4, 0.5) is 0 Å². The van der Waals surface area contributed by atoms with Gasteiger partial charge >= 0.3 is 0 Å². The molecule has 0 fully saturated rings. The molecule has 0 spiro atoms. The summed E-state index contributed by atoms with van der Waals surface area (Å²) in [6.45, 7) is 2.24. The Morgan fingerprint density at radius 2 is 2.09 bits per heavy atom. The van der Waals surface area contributed by atoms with Crippen LogP contribution in [0.1, 0.15) is 19.8 Å². The smallest absolute Gasteiger partial charge is 0.0420 e. The molecule has 1 aliphatic carbocycles. The van der Waals surface area contributed by atoms with E-state index in [9.17, 15) is 0 Å². The second kappa shape index (κ2) is 3.22. The van der Waals surface area contributed by atoms with Crippen molar-refractivity contribution < 1.29 is 0 Å². The molecule has 0 aromatic carbocycles. The van der Waals surface area contributed by atoms with E-state index in [2.05, 4.69) is 50.2 Å². The van der Waals surface area contributed by atoms with Gasteiger partial charge in [-0.3, -0.25) is 4.90 Å². The lowest BCUT2D eigenvalue weighted by molar-refractivity contribution is 0.201. The highest BCUT2D eigenvalue weighted by Gasteiger charge is 2.26. The summed E-state index contributed by atoms with van der Waals surface area (Å²) in [5.74, 6) is 0. The van der Waals surface area contributed by atoms with Gasteiger partial charge in [-0.15, -0.1) is 0 Å². The lowest BCUT2D eigenvalue weighted by atomic mass is 9.87. The van der Waals surface area contributed by atoms with Crippen molar-refractivity contribution in [1.82, 2.24) is 4.90 Å². The van der Waals surface area contributed by atoms with Crippen LogP contribution in [-0.2, 0) is 0 Å². The first kappa shape index (κ1) is 8.54. The molecular formula is C10H17N. The molecule has 0 saturated heterocycles. The molecule has 0 saturated carbocycles. The SMILES string of the molecule is CC[C@@]1(N(C)C)C=CC=CC1. The molecule has 0 aliphatic heterocycles. The number of nitrogens with zero attached hydrogens (tertiary/aromatic N) is 1. The van der Waals surface area contributed by atoms with Crippen LogP contribution in [0.5, 0.6) is 0 Å². The van der Waals surface area contributed by atoms with Crippen molar-refractivity contribution >= 4 is 0 Å². The summed E-state index contributed by atoms with van der Waals surface area (Å²) in [6.07, 6.45) is 11.1. The molecule has 1 atom stereocenters. The normalized spacial score (nSPS) is 29.8. The maximum Gasteiger partial charge on any atom is 0.0420 e. The lowest BCUT2D eigenvalue weighted by Crippen LogP contribution is -2.41. The van der Waals surface area contributed by atoms with Crippen molar-refractivity contribution in [3.05, 3.63) is 24.3 Å². The van der Waals surface area contributed by atoms with Crippen LogP contribution in [0.3, 0.4) is 0 Å². The predicted molar refractivity (Wildman–Crippen MR) is 49.6 cm³/mol. The Morgan fingerprint density at radius 1 is 1.36 bits per heavy atom. The number of rotatable bonds is 2. The van der Waals surface area contributed by atoms with Gasteiger partial charge in [0.05, 0.1) is 0 Å². The van der Waals surface area contributed by atoms with E-state index in [0.717, 1.165) is 6.42 Å². The molecule has 0 unspecified atom stereocenters. The summed E-state index contributed by atoms with van der Waals surface area (Å²) in [6, 6.07) is 0. The summed E-state index contributed by atoms with van der Waals surface area (Å²) < 4.78 is 0. The van der Waals surface area contributed by atoms with Gasteiger partial charge < -0.3 is 0 Å². The molecule has 1 aliphatic rings. The van der Waals surface area contributed by atoms with E-state index in [1.165, 1.54) is 6.42 Å². The minimum atomic E-state index is 0.286. The van der Waals surface area contributed by atoms with Gasteiger partial charge in [-0.05, 0) is 26.9 Å². The predicted octanol–water partition coefficient (Wildman–Crippen LogP) is 2.21. The van der Waals surface area contributed by atoms with Gasteiger partial charge in [-0.1, -0.05) is 31.2 Å². The second-order valence-corrected chi connectivity index (χ2v) is 3.34. The molecule has 0 amide bonds. The molecule has 0 aromatic rings. The van der Waals surface area contributed by atoms with Gasteiger partial charge in [0.15, 0.2) is 0 Å². The standard InChI is InChI=1S/C10H17N/c1-4-10(11(2)3)8-6-5-7-9-10/h5-8H,4,9H2,1-3H3/t10-/m1/s1. The number of likely N-dealkylation sites (N-methyl/N-ethyl adjacent to an activating group) is 1. The third kappa shape index (κ3) is 1.54. The van der Waals surface area contributed by atoms with E-state index in [1.54, 1.807) is 0 Å². The molecule has 0 bridgehead atoms. The van der Waals surface area contributed by atoms with Crippen molar-refractivity contribution in [3.63, 3.8) is 0 Å². The molecule has 1 heteroatoms. The average Bonchev–Trinajstić information content (AvgIpc) is 2.05. The number of hydrogen-bond donors (Lipinski definition) is 0. The highest BCUT2D eigenvalue weighted by Crippen LogP contribution is 2.26. The van der Waals surface area contributed by atoms with Crippen LogP contribution in [0, 0.1) is 0 Å². The fourth-order valence-electron chi connectivity index (χ4n) is 1.56. The quantitative estimate of drug-likeness (QED) is 0.585. The Kier molecular flexibility index (Phi) is 2.50. The van der Waals surface area contributed by atoms with E-state index in [-0.39, 0.29) is 5.54 Å². The fourth-order valence-corrected chi connectivity index (χ4v) is 1.56. The Hall–Kier alpha value is -0.560. The van der Waals surface area contributed by atoms with Crippen molar-refractivity contribution in [3.8, 4) is 0 Å².